The molecule has 2 aromatic carbocycles. The first kappa shape index (κ1) is 12.4. The Morgan fingerprint density at radius 1 is 1.05 bits per heavy atom. The molecule has 2 nitrogen and oxygen atoms in total. The minimum absolute atomic E-state index is 0.988. The number of hydrogen-bond donors (Lipinski definition) is 1. The molecule has 0 radical (unpaired) electrons. The monoisotopic (exact) mass is 252 g/mol. The Labute approximate surface area is 115 Å². The van der Waals surface area contributed by atoms with Gasteiger partial charge >= 0.3 is 0 Å². The maximum Gasteiger partial charge on any atom is 0.0227 e. The maximum atomic E-state index is 3.46. The molecular weight excluding hydrogens is 232 g/mol. The number of benzene rings is 2. The van der Waals surface area contributed by atoms with Crippen molar-refractivity contribution in [1.82, 2.24) is 10.2 Å². The van der Waals surface area contributed by atoms with E-state index in [-0.39, 0.29) is 0 Å². The van der Waals surface area contributed by atoms with Crippen LogP contribution in [0.25, 0.3) is 11.1 Å². The third kappa shape index (κ3) is 2.55. The van der Waals surface area contributed by atoms with Gasteiger partial charge in [-0.15, -0.1) is 0 Å². The average molecular weight is 252 g/mol. The lowest BCUT2D eigenvalue weighted by Gasteiger charge is -2.15. The largest absolute Gasteiger partial charge is 0.309 e. The summed E-state index contributed by atoms with van der Waals surface area (Å²) >= 11 is 0. The van der Waals surface area contributed by atoms with E-state index in [0.717, 1.165) is 19.6 Å². The van der Waals surface area contributed by atoms with Crippen LogP contribution in [0.15, 0.2) is 42.5 Å². The van der Waals surface area contributed by atoms with Crippen LogP contribution < -0.4 is 5.32 Å². The molecule has 0 aliphatic carbocycles. The average Bonchev–Trinajstić information content (AvgIpc) is 2.86. The zero-order valence-electron chi connectivity index (χ0n) is 11.6. The van der Waals surface area contributed by atoms with E-state index in [0.29, 0.717) is 0 Å². The molecule has 1 heterocycles. The number of rotatable bonds is 3. The highest BCUT2D eigenvalue weighted by Crippen LogP contribution is 2.31. The van der Waals surface area contributed by atoms with E-state index >= 15 is 0 Å². The lowest BCUT2D eigenvalue weighted by atomic mass is 9.94. The van der Waals surface area contributed by atoms with Gasteiger partial charge in [0.1, 0.15) is 0 Å². The van der Waals surface area contributed by atoms with E-state index in [9.17, 15) is 0 Å². The molecule has 98 valence electrons. The van der Waals surface area contributed by atoms with Crippen molar-refractivity contribution in [2.24, 2.45) is 0 Å². The standard InChI is InChI=1S/C17H20N2/c1-19(2)12-13-8-15-10-18-11-17(15)16(9-13)14-6-4-3-5-7-14/h3-9,18H,10-12H2,1-2H3. The minimum Gasteiger partial charge on any atom is -0.309 e. The van der Waals surface area contributed by atoms with Crippen molar-refractivity contribution < 1.29 is 0 Å². The molecule has 0 saturated heterocycles. The van der Waals surface area contributed by atoms with Gasteiger partial charge in [-0.3, -0.25) is 0 Å². The molecule has 0 saturated carbocycles. The van der Waals surface area contributed by atoms with E-state index < -0.39 is 0 Å². The molecule has 0 spiro atoms. The van der Waals surface area contributed by atoms with Crippen LogP contribution in [0.5, 0.6) is 0 Å². The zero-order valence-corrected chi connectivity index (χ0v) is 11.6. The first-order valence-electron chi connectivity index (χ1n) is 6.79. The predicted molar refractivity (Wildman–Crippen MR) is 79.8 cm³/mol. The summed E-state index contributed by atoms with van der Waals surface area (Å²) in [5, 5.41) is 3.46. The van der Waals surface area contributed by atoms with Gasteiger partial charge in [-0.05, 0) is 48.0 Å². The topological polar surface area (TPSA) is 15.3 Å². The van der Waals surface area contributed by atoms with Gasteiger partial charge in [-0.2, -0.15) is 0 Å². The molecule has 19 heavy (non-hydrogen) atoms. The smallest absolute Gasteiger partial charge is 0.0227 e. The highest BCUT2D eigenvalue weighted by atomic mass is 15.0. The third-order valence-electron chi connectivity index (χ3n) is 3.60. The summed E-state index contributed by atoms with van der Waals surface area (Å²) in [6, 6.07) is 15.4. The van der Waals surface area contributed by atoms with Crippen LogP contribution in [0.2, 0.25) is 0 Å². The number of hydrogen-bond acceptors (Lipinski definition) is 2. The molecule has 0 amide bonds. The van der Waals surface area contributed by atoms with Crippen LogP contribution in [0.1, 0.15) is 16.7 Å². The number of nitrogens with one attached hydrogen (secondary N) is 1. The minimum atomic E-state index is 0.988. The highest BCUT2D eigenvalue weighted by Gasteiger charge is 2.16. The van der Waals surface area contributed by atoms with Crippen molar-refractivity contribution in [2.75, 3.05) is 14.1 Å². The molecule has 0 bridgehead atoms. The van der Waals surface area contributed by atoms with Gasteiger partial charge in [0.25, 0.3) is 0 Å². The second-order valence-corrected chi connectivity index (χ2v) is 5.49. The van der Waals surface area contributed by atoms with Gasteiger partial charge < -0.3 is 10.2 Å². The van der Waals surface area contributed by atoms with E-state index in [1.54, 1.807) is 0 Å². The molecule has 1 aliphatic rings. The summed E-state index contributed by atoms with van der Waals surface area (Å²) in [6.45, 7) is 2.98. The Morgan fingerprint density at radius 3 is 2.58 bits per heavy atom. The van der Waals surface area contributed by atoms with Crippen LogP contribution in [0.3, 0.4) is 0 Å². The van der Waals surface area contributed by atoms with Crippen molar-refractivity contribution in [2.45, 2.75) is 19.6 Å². The van der Waals surface area contributed by atoms with Gasteiger partial charge in [-0.1, -0.05) is 36.4 Å². The number of nitrogens with zero attached hydrogens (tertiary/aromatic N) is 1. The van der Waals surface area contributed by atoms with Crippen LogP contribution >= 0.6 is 0 Å². The van der Waals surface area contributed by atoms with Crippen molar-refractivity contribution in [3.8, 4) is 11.1 Å². The summed E-state index contributed by atoms with van der Waals surface area (Å²) < 4.78 is 0. The van der Waals surface area contributed by atoms with Crippen LogP contribution in [0, 0.1) is 0 Å². The fourth-order valence-electron chi connectivity index (χ4n) is 2.82. The van der Waals surface area contributed by atoms with E-state index in [2.05, 4.69) is 66.8 Å². The maximum absolute atomic E-state index is 3.46. The molecular formula is C17H20N2. The summed E-state index contributed by atoms with van der Waals surface area (Å²) in [5.74, 6) is 0. The lowest BCUT2D eigenvalue weighted by molar-refractivity contribution is 0.402. The van der Waals surface area contributed by atoms with Crippen molar-refractivity contribution in [1.29, 1.82) is 0 Å². The Morgan fingerprint density at radius 2 is 1.84 bits per heavy atom. The molecule has 1 aliphatic heterocycles. The van der Waals surface area contributed by atoms with Crippen LogP contribution in [-0.4, -0.2) is 19.0 Å². The third-order valence-corrected chi connectivity index (χ3v) is 3.60. The first-order chi connectivity index (χ1) is 9.24. The molecule has 2 heteroatoms. The molecule has 1 N–H and O–H groups in total. The lowest BCUT2D eigenvalue weighted by Crippen LogP contribution is -2.11. The summed E-state index contributed by atoms with van der Waals surface area (Å²) in [4.78, 5) is 2.22. The summed E-state index contributed by atoms with van der Waals surface area (Å²) in [7, 11) is 4.24. The zero-order chi connectivity index (χ0) is 13.2. The Kier molecular flexibility index (Phi) is 3.36. The highest BCUT2D eigenvalue weighted by molar-refractivity contribution is 5.70. The molecule has 0 aromatic heterocycles. The molecule has 0 atom stereocenters. The van der Waals surface area contributed by atoms with Crippen molar-refractivity contribution >= 4 is 0 Å². The molecule has 0 unspecified atom stereocenters. The van der Waals surface area contributed by atoms with Crippen LogP contribution in [0.4, 0.5) is 0 Å². The van der Waals surface area contributed by atoms with Crippen molar-refractivity contribution in [3.05, 3.63) is 59.2 Å². The van der Waals surface area contributed by atoms with Gasteiger partial charge in [0, 0.05) is 19.6 Å². The van der Waals surface area contributed by atoms with Crippen LogP contribution in [-0.2, 0) is 19.6 Å². The van der Waals surface area contributed by atoms with Gasteiger partial charge in [-0.25, -0.2) is 0 Å². The predicted octanol–water partition coefficient (Wildman–Crippen LogP) is 3.02. The van der Waals surface area contributed by atoms with Gasteiger partial charge in [0.05, 0.1) is 0 Å². The summed E-state index contributed by atoms with van der Waals surface area (Å²) in [5.41, 5.74) is 7.03. The number of fused-ring (bicyclic) bond motifs is 1. The fourth-order valence-corrected chi connectivity index (χ4v) is 2.82. The van der Waals surface area contributed by atoms with Gasteiger partial charge in [0.2, 0.25) is 0 Å². The molecule has 3 rings (SSSR count). The SMILES string of the molecule is CN(C)Cc1cc2c(c(-c3ccccc3)c1)CNC2. The van der Waals surface area contributed by atoms with Gasteiger partial charge in [0.15, 0.2) is 0 Å². The molecule has 0 fully saturated rings. The van der Waals surface area contributed by atoms with E-state index in [1.165, 1.54) is 27.8 Å². The Balaban J connectivity index is 2.10. The second-order valence-electron chi connectivity index (χ2n) is 5.49. The quantitative estimate of drug-likeness (QED) is 0.903. The van der Waals surface area contributed by atoms with E-state index in [1.807, 2.05) is 0 Å². The van der Waals surface area contributed by atoms with Crippen molar-refractivity contribution in [3.63, 3.8) is 0 Å². The Bertz CT molecular complexity index is 573. The first-order valence-corrected chi connectivity index (χ1v) is 6.79. The normalized spacial score (nSPS) is 13.8. The summed E-state index contributed by atoms with van der Waals surface area (Å²) in [6.07, 6.45) is 0. The Hall–Kier alpha value is -1.64. The van der Waals surface area contributed by atoms with E-state index in [4.69, 9.17) is 0 Å². The molecule has 2 aromatic rings. The second kappa shape index (κ2) is 5.16. The fraction of sp³-hybridized carbons (Fsp3) is 0.294.